The molecule has 19 heavy (non-hydrogen) atoms. The minimum Gasteiger partial charge on any atom is -0.481 e. The second kappa shape index (κ2) is 6.86. The van der Waals surface area contributed by atoms with Gasteiger partial charge in [0.2, 0.25) is 5.91 Å². The number of nitrogens with zero attached hydrogens (tertiary/aromatic N) is 1. The van der Waals surface area contributed by atoms with E-state index in [1.165, 1.54) is 7.11 Å². The molecule has 0 aromatic heterocycles. The van der Waals surface area contributed by atoms with Crippen LogP contribution >= 0.6 is 0 Å². The first-order valence-corrected chi connectivity index (χ1v) is 6.73. The lowest BCUT2D eigenvalue weighted by Gasteiger charge is -2.25. The molecule has 1 heterocycles. The maximum Gasteiger partial charge on any atom is 0.311 e. The van der Waals surface area contributed by atoms with Gasteiger partial charge >= 0.3 is 5.97 Å². The number of hydrogen-bond acceptors (Lipinski definition) is 4. The first kappa shape index (κ1) is 15.9. The van der Waals surface area contributed by atoms with Gasteiger partial charge in [0.05, 0.1) is 17.9 Å². The Labute approximate surface area is 113 Å². The first-order valence-electron chi connectivity index (χ1n) is 6.73. The largest absolute Gasteiger partial charge is 0.481 e. The Balaban J connectivity index is 2.63. The van der Waals surface area contributed by atoms with E-state index in [0.29, 0.717) is 25.9 Å². The van der Waals surface area contributed by atoms with Gasteiger partial charge in [0, 0.05) is 26.7 Å². The zero-order valence-corrected chi connectivity index (χ0v) is 11.7. The molecule has 0 aliphatic carbocycles. The second-order valence-electron chi connectivity index (χ2n) is 5.20. The molecule has 2 atom stereocenters. The average molecular weight is 272 g/mol. The zero-order valence-electron chi connectivity index (χ0n) is 11.7. The molecule has 0 aromatic carbocycles. The average Bonchev–Trinajstić information content (AvgIpc) is 2.82. The van der Waals surface area contributed by atoms with Crippen LogP contribution in [0, 0.1) is 5.41 Å². The quantitative estimate of drug-likeness (QED) is 0.702. The van der Waals surface area contributed by atoms with E-state index >= 15 is 0 Å². The highest BCUT2D eigenvalue weighted by Crippen LogP contribution is 2.35. The number of hydrogen-bond donors (Lipinski definition) is 2. The van der Waals surface area contributed by atoms with Crippen LogP contribution in [-0.2, 0) is 14.3 Å². The lowest BCUT2D eigenvalue weighted by molar-refractivity contribution is -0.149. The summed E-state index contributed by atoms with van der Waals surface area (Å²) in [4.78, 5) is 25.1. The lowest BCUT2D eigenvalue weighted by Crippen LogP contribution is -2.39. The summed E-state index contributed by atoms with van der Waals surface area (Å²) in [5.41, 5.74) is 4.72. The van der Waals surface area contributed by atoms with Gasteiger partial charge in [-0.3, -0.25) is 9.59 Å². The summed E-state index contributed by atoms with van der Waals surface area (Å²) in [5.74, 6) is -0.872. The van der Waals surface area contributed by atoms with Gasteiger partial charge in [-0.25, -0.2) is 0 Å². The highest BCUT2D eigenvalue weighted by atomic mass is 16.5. The van der Waals surface area contributed by atoms with Crippen LogP contribution < -0.4 is 5.73 Å². The molecule has 0 bridgehead atoms. The van der Waals surface area contributed by atoms with Gasteiger partial charge in [-0.1, -0.05) is 13.3 Å². The molecule has 3 N–H and O–H groups in total. The van der Waals surface area contributed by atoms with Gasteiger partial charge in [-0.2, -0.15) is 0 Å². The number of carboxylic acids is 1. The summed E-state index contributed by atoms with van der Waals surface area (Å²) in [6, 6.07) is 0. The van der Waals surface area contributed by atoms with Crippen LogP contribution in [0.2, 0.25) is 0 Å². The van der Waals surface area contributed by atoms with E-state index in [9.17, 15) is 14.7 Å². The fraction of sp³-hybridized carbons (Fsp3) is 0.846. The minimum atomic E-state index is -0.799. The van der Waals surface area contributed by atoms with Crippen LogP contribution in [0.3, 0.4) is 0 Å². The van der Waals surface area contributed by atoms with Crippen LogP contribution in [-0.4, -0.2) is 54.7 Å². The molecule has 1 aliphatic rings. The van der Waals surface area contributed by atoms with E-state index in [4.69, 9.17) is 10.5 Å². The molecule has 1 amide bonds. The van der Waals surface area contributed by atoms with Crippen LogP contribution in [0.4, 0.5) is 0 Å². The van der Waals surface area contributed by atoms with Crippen molar-refractivity contribution in [3.05, 3.63) is 0 Å². The van der Waals surface area contributed by atoms with Crippen molar-refractivity contribution in [2.75, 3.05) is 26.7 Å². The highest BCUT2D eigenvalue weighted by Gasteiger charge is 2.45. The number of carboxylic acid groups (broad SMARTS) is 1. The predicted molar refractivity (Wildman–Crippen MR) is 70.6 cm³/mol. The summed E-state index contributed by atoms with van der Waals surface area (Å²) in [6.07, 6.45) is 1.87. The van der Waals surface area contributed by atoms with Crippen molar-refractivity contribution in [2.45, 2.75) is 38.7 Å². The summed E-state index contributed by atoms with van der Waals surface area (Å²) in [7, 11) is 1.52. The molecule has 1 rings (SSSR count). The van der Waals surface area contributed by atoms with E-state index < -0.39 is 11.4 Å². The Bertz CT molecular complexity index is 331. The van der Waals surface area contributed by atoms with Crippen LogP contribution in [0.1, 0.15) is 32.6 Å². The molecular weight excluding hydrogens is 248 g/mol. The highest BCUT2D eigenvalue weighted by molar-refractivity contribution is 5.81. The molecule has 0 radical (unpaired) electrons. The number of carbonyl (C=O) groups is 2. The minimum absolute atomic E-state index is 0.0727. The lowest BCUT2D eigenvalue weighted by atomic mass is 9.83. The molecule has 1 fully saturated rings. The van der Waals surface area contributed by atoms with Crippen molar-refractivity contribution in [2.24, 2.45) is 11.1 Å². The standard InChI is InChI=1S/C13H24N2O4/c1-3-4-13(12(17)18)5-6-15(9-13)11(16)7-10(8-14)19-2/h10H,3-9,14H2,1-2H3,(H,17,18). The monoisotopic (exact) mass is 272 g/mol. The smallest absolute Gasteiger partial charge is 0.311 e. The molecule has 1 saturated heterocycles. The molecule has 0 spiro atoms. The summed E-state index contributed by atoms with van der Waals surface area (Å²) in [6.45, 7) is 3.06. The fourth-order valence-electron chi connectivity index (χ4n) is 2.64. The first-order chi connectivity index (χ1) is 8.99. The van der Waals surface area contributed by atoms with E-state index in [2.05, 4.69) is 0 Å². The third-order valence-electron chi connectivity index (χ3n) is 3.89. The number of rotatable bonds is 7. The van der Waals surface area contributed by atoms with Crippen molar-refractivity contribution < 1.29 is 19.4 Å². The van der Waals surface area contributed by atoms with Crippen molar-refractivity contribution in [1.82, 2.24) is 4.90 Å². The summed E-state index contributed by atoms with van der Waals surface area (Å²) >= 11 is 0. The van der Waals surface area contributed by atoms with E-state index in [1.807, 2.05) is 6.92 Å². The number of likely N-dealkylation sites (tertiary alicyclic amines) is 1. The number of amides is 1. The fourth-order valence-corrected chi connectivity index (χ4v) is 2.64. The van der Waals surface area contributed by atoms with E-state index in [-0.39, 0.29) is 25.0 Å². The van der Waals surface area contributed by atoms with Gasteiger partial charge in [0.1, 0.15) is 0 Å². The number of methoxy groups -OCH3 is 1. The number of aliphatic carboxylic acids is 1. The Kier molecular flexibility index (Phi) is 5.75. The molecule has 6 heteroatoms. The van der Waals surface area contributed by atoms with Gasteiger partial charge in [0.25, 0.3) is 0 Å². The molecule has 1 aliphatic heterocycles. The molecule has 0 saturated carbocycles. The van der Waals surface area contributed by atoms with Gasteiger partial charge < -0.3 is 20.5 Å². The third-order valence-corrected chi connectivity index (χ3v) is 3.89. The molecule has 6 nitrogen and oxygen atoms in total. The van der Waals surface area contributed by atoms with Gasteiger partial charge in [-0.05, 0) is 12.8 Å². The molecule has 0 aromatic rings. The van der Waals surface area contributed by atoms with Gasteiger partial charge in [0.15, 0.2) is 0 Å². The number of ether oxygens (including phenoxy) is 1. The van der Waals surface area contributed by atoms with E-state index in [0.717, 1.165) is 6.42 Å². The Morgan fingerprint density at radius 1 is 1.53 bits per heavy atom. The maximum absolute atomic E-state index is 12.1. The van der Waals surface area contributed by atoms with Crippen LogP contribution in [0.5, 0.6) is 0 Å². The van der Waals surface area contributed by atoms with Crippen molar-refractivity contribution >= 4 is 11.9 Å². The number of carbonyl (C=O) groups excluding carboxylic acids is 1. The van der Waals surface area contributed by atoms with Crippen molar-refractivity contribution in [1.29, 1.82) is 0 Å². The second-order valence-corrected chi connectivity index (χ2v) is 5.20. The predicted octanol–water partition coefficient (Wildman–Crippen LogP) is 0.454. The SMILES string of the molecule is CCCC1(C(=O)O)CCN(C(=O)CC(CN)OC)C1. The van der Waals surface area contributed by atoms with Crippen molar-refractivity contribution in [3.63, 3.8) is 0 Å². The number of nitrogens with two attached hydrogens (primary N) is 1. The Hall–Kier alpha value is -1.14. The molecular formula is C13H24N2O4. The van der Waals surface area contributed by atoms with Gasteiger partial charge in [-0.15, -0.1) is 0 Å². The maximum atomic E-state index is 12.1. The van der Waals surface area contributed by atoms with E-state index in [1.54, 1.807) is 4.90 Å². The van der Waals surface area contributed by atoms with Crippen LogP contribution in [0.25, 0.3) is 0 Å². The van der Waals surface area contributed by atoms with Crippen LogP contribution in [0.15, 0.2) is 0 Å². The Morgan fingerprint density at radius 2 is 2.21 bits per heavy atom. The third kappa shape index (κ3) is 3.67. The summed E-state index contributed by atoms with van der Waals surface area (Å²) < 4.78 is 5.09. The zero-order chi connectivity index (χ0) is 14.5. The Morgan fingerprint density at radius 3 is 2.68 bits per heavy atom. The summed E-state index contributed by atoms with van der Waals surface area (Å²) in [5, 5.41) is 9.39. The normalized spacial score (nSPS) is 24.5. The molecule has 110 valence electrons. The van der Waals surface area contributed by atoms with Crippen molar-refractivity contribution in [3.8, 4) is 0 Å². The topological polar surface area (TPSA) is 92.9 Å². The molecule has 2 unspecified atom stereocenters.